The van der Waals surface area contributed by atoms with Crippen LogP contribution >= 0.6 is 0 Å². The molecule has 2 N–H and O–H groups in total. The first-order chi connectivity index (χ1) is 5.72. The molecule has 1 unspecified atom stereocenters. The second-order valence-electron chi connectivity index (χ2n) is 2.81. The van der Waals surface area contributed by atoms with Gasteiger partial charge in [-0.05, 0) is 18.9 Å². The summed E-state index contributed by atoms with van der Waals surface area (Å²) < 4.78 is 1.80. The number of nitrogens with zero attached hydrogens (tertiary/aromatic N) is 3. The molecular formula is C8H12N4. The number of nitrogens with two attached hydrogens (primary N) is 1. The highest BCUT2D eigenvalue weighted by Crippen LogP contribution is 1.96. The maximum atomic E-state index is 8.41. The molecule has 0 radical (unpaired) electrons. The Morgan fingerprint density at radius 1 is 1.83 bits per heavy atom. The van der Waals surface area contributed by atoms with Crippen LogP contribution in [0.2, 0.25) is 0 Å². The normalized spacial score (nSPS) is 12.4. The molecule has 0 saturated heterocycles. The molecule has 0 saturated carbocycles. The number of nitriles is 1. The fourth-order valence-electron chi connectivity index (χ4n) is 0.925. The average Bonchev–Trinajstić information content (AvgIpc) is 2.47. The van der Waals surface area contributed by atoms with Crippen LogP contribution in [0.4, 0.5) is 0 Å². The maximum absolute atomic E-state index is 8.41. The monoisotopic (exact) mass is 164 g/mol. The summed E-state index contributed by atoms with van der Waals surface area (Å²) in [6, 6.07) is 1.60. The van der Waals surface area contributed by atoms with Gasteiger partial charge in [0.15, 0.2) is 0 Å². The lowest BCUT2D eigenvalue weighted by Crippen LogP contribution is -2.19. The molecule has 0 aromatic carbocycles. The maximum Gasteiger partial charge on any atom is 0.0945 e. The Morgan fingerprint density at radius 2 is 2.58 bits per heavy atom. The molecule has 0 amide bonds. The average molecular weight is 164 g/mol. The van der Waals surface area contributed by atoms with Crippen molar-refractivity contribution in [3.8, 4) is 6.07 Å². The van der Waals surface area contributed by atoms with Crippen LogP contribution in [0.1, 0.15) is 12.0 Å². The van der Waals surface area contributed by atoms with Crippen LogP contribution in [-0.4, -0.2) is 15.8 Å². The highest BCUT2D eigenvalue weighted by Gasteiger charge is 2.00. The van der Waals surface area contributed by atoms with E-state index >= 15 is 0 Å². The molecule has 0 aliphatic carbocycles. The molecule has 0 aliphatic heterocycles. The molecule has 4 heteroatoms. The van der Waals surface area contributed by atoms with E-state index in [0.717, 1.165) is 5.56 Å². The van der Waals surface area contributed by atoms with Gasteiger partial charge in [0.25, 0.3) is 0 Å². The Morgan fingerprint density at radius 3 is 3.08 bits per heavy atom. The van der Waals surface area contributed by atoms with Crippen LogP contribution in [-0.2, 0) is 6.54 Å². The molecule has 64 valence electrons. The molecule has 1 heterocycles. The summed E-state index contributed by atoms with van der Waals surface area (Å²) in [4.78, 5) is 0. The van der Waals surface area contributed by atoms with Crippen molar-refractivity contribution in [2.24, 2.45) is 5.73 Å². The summed E-state index contributed by atoms with van der Waals surface area (Å²) in [7, 11) is 0. The summed E-state index contributed by atoms with van der Waals surface area (Å²) in [5, 5.41) is 12.5. The van der Waals surface area contributed by atoms with Crippen LogP contribution in [0.25, 0.3) is 0 Å². The standard InChI is InChI=1S/C8H12N4/c1-7-5-11-12(6-7)3-2-8(10)4-9/h5-6,8H,2-3,10H2,1H3. The van der Waals surface area contributed by atoms with Crippen molar-refractivity contribution in [1.82, 2.24) is 9.78 Å². The summed E-state index contributed by atoms with van der Waals surface area (Å²) in [5.74, 6) is 0. The van der Waals surface area contributed by atoms with Crippen molar-refractivity contribution in [2.45, 2.75) is 25.9 Å². The van der Waals surface area contributed by atoms with Crippen molar-refractivity contribution in [3.63, 3.8) is 0 Å². The van der Waals surface area contributed by atoms with Crippen LogP contribution < -0.4 is 5.73 Å². The highest BCUT2D eigenvalue weighted by molar-refractivity contribution is 4.99. The second-order valence-corrected chi connectivity index (χ2v) is 2.81. The molecule has 12 heavy (non-hydrogen) atoms. The minimum atomic E-state index is -0.380. The molecule has 0 fully saturated rings. The van der Waals surface area contributed by atoms with E-state index in [4.69, 9.17) is 11.0 Å². The van der Waals surface area contributed by atoms with E-state index in [9.17, 15) is 0 Å². The van der Waals surface area contributed by atoms with Gasteiger partial charge in [0.05, 0.1) is 18.3 Å². The minimum Gasteiger partial charge on any atom is -0.316 e. The van der Waals surface area contributed by atoms with E-state index in [1.54, 1.807) is 10.9 Å². The molecular weight excluding hydrogens is 152 g/mol. The smallest absolute Gasteiger partial charge is 0.0945 e. The number of aryl methyl sites for hydroxylation is 2. The Bertz CT molecular complexity index is 283. The van der Waals surface area contributed by atoms with Gasteiger partial charge in [-0.25, -0.2) is 0 Å². The molecule has 0 spiro atoms. The van der Waals surface area contributed by atoms with E-state index in [2.05, 4.69) is 5.10 Å². The first-order valence-corrected chi connectivity index (χ1v) is 3.86. The third-order valence-corrected chi connectivity index (χ3v) is 1.60. The van der Waals surface area contributed by atoms with Gasteiger partial charge in [-0.3, -0.25) is 4.68 Å². The number of hydrogen-bond acceptors (Lipinski definition) is 3. The lowest BCUT2D eigenvalue weighted by atomic mass is 10.2. The summed E-state index contributed by atoms with van der Waals surface area (Å²) in [6.07, 6.45) is 4.37. The molecule has 0 bridgehead atoms. The Hall–Kier alpha value is -1.34. The third kappa shape index (κ3) is 2.36. The van der Waals surface area contributed by atoms with E-state index in [-0.39, 0.29) is 6.04 Å². The van der Waals surface area contributed by atoms with Crippen LogP contribution in [0.3, 0.4) is 0 Å². The quantitative estimate of drug-likeness (QED) is 0.704. The van der Waals surface area contributed by atoms with Crippen LogP contribution in [0.15, 0.2) is 12.4 Å². The minimum absolute atomic E-state index is 0.380. The number of rotatable bonds is 3. The lowest BCUT2D eigenvalue weighted by molar-refractivity contribution is 0.554. The first kappa shape index (κ1) is 8.75. The molecule has 0 aliphatic rings. The molecule has 1 aromatic heterocycles. The van der Waals surface area contributed by atoms with E-state index in [1.807, 2.05) is 19.2 Å². The topological polar surface area (TPSA) is 67.6 Å². The van der Waals surface area contributed by atoms with Crippen molar-refractivity contribution in [2.75, 3.05) is 0 Å². The molecule has 4 nitrogen and oxygen atoms in total. The largest absolute Gasteiger partial charge is 0.316 e. The van der Waals surface area contributed by atoms with Crippen LogP contribution in [0.5, 0.6) is 0 Å². The Labute approximate surface area is 71.6 Å². The summed E-state index contributed by atoms with van der Waals surface area (Å²) in [6.45, 7) is 2.69. The van der Waals surface area contributed by atoms with Gasteiger partial charge in [-0.2, -0.15) is 10.4 Å². The SMILES string of the molecule is Cc1cnn(CCC(N)C#N)c1. The molecule has 1 rings (SSSR count). The summed E-state index contributed by atoms with van der Waals surface area (Å²) >= 11 is 0. The van der Waals surface area contributed by atoms with Gasteiger partial charge in [-0.15, -0.1) is 0 Å². The van der Waals surface area contributed by atoms with Crippen molar-refractivity contribution >= 4 is 0 Å². The summed E-state index contributed by atoms with van der Waals surface area (Å²) in [5.41, 5.74) is 6.55. The Kier molecular flexibility index (Phi) is 2.83. The predicted molar refractivity (Wildman–Crippen MR) is 45.2 cm³/mol. The van der Waals surface area contributed by atoms with Gasteiger partial charge in [0.1, 0.15) is 0 Å². The van der Waals surface area contributed by atoms with Gasteiger partial charge < -0.3 is 5.73 Å². The fraction of sp³-hybridized carbons (Fsp3) is 0.500. The molecule has 1 atom stereocenters. The van der Waals surface area contributed by atoms with Gasteiger partial charge in [-0.1, -0.05) is 0 Å². The Balaban J connectivity index is 2.39. The van der Waals surface area contributed by atoms with E-state index in [1.165, 1.54) is 0 Å². The van der Waals surface area contributed by atoms with Crippen LogP contribution in [0, 0.1) is 18.3 Å². The fourth-order valence-corrected chi connectivity index (χ4v) is 0.925. The molecule has 1 aromatic rings. The predicted octanol–water partition coefficient (Wildman–Crippen LogP) is 0.432. The highest BCUT2D eigenvalue weighted by atomic mass is 15.3. The first-order valence-electron chi connectivity index (χ1n) is 3.86. The van der Waals surface area contributed by atoms with Crippen molar-refractivity contribution < 1.29 is 0 Å². The van der Waals surface area contributed by atoms with Crippen molar-refractivity contribution in [3.05, 3.63) is 18.0 Å². The zero-order chi connectivity index (χ0) is 8.97. The van der Waals surface area contributed by atoms with Gasteiger partial charge >= 0.3 is 0 Å². The van der Waals surface area contributed by atoms with E-state index in [0.29, 0.717) is 13.0 Å². The number of hydrogen-bond donors (Lipinski definition) is 1. The van der Waals surface area contributed by atoms with E-state index < -0.39 is 0 Å². The van der Waals surface area contributed by atoms with Gasteiger partial charge in [0, 0.05) is 12.7 Å². The zero-order valence-corrected chi connectivity index (χ0v) is 7.07. The number of aromatic nitrogens is 2. The lowest BCUT2D eigenvalue weighted by Gasteiger charge is -2.01. The third-order valence-electron chi connectivity index (χ3n) is 1.60. The van der Waals surface area contributed by atoms with Crippen molar-refractivity contribution in [1.29, 1.82) is 5.26 Å². The second kappa shape index (κ2) is 3.88. The zero-order valence-electron chi connectivity index (χ0n) is 7.07. The van der Waals surface area contributed by atoms with Gasteiger partial charge in [0.2, 0.25) is 0 Å².